The van der Waals surface area contributed by atoms with Crippen molar-refractivity contribution in [2.45, 2.75) is 18.8 Å². The summed E-state index contributed by atoms with van der Waals surface area (Å²) in [5, 5.41) is 0. The van der Waals surface area contributed by atoms with Crippen LogP contribution in [-0.2, 0) is 0 Å². The average Bonchev–Trinajstić information content (AvgIpc) is 2.87. The van der Waals surface area contributed by atoms with E-state index in [4.69, 9.17) is 10.5 Å². The summed E-state index contributed by atoms with van der Waals surface area (Å²) in [4.78, 5) is 4.05. The van der Waals surface area contributed by atoms with Crippen LogP contribution in [0.2, 0.25) is 0 Å². The fraction of sp³-hybridized carbons (Fsp3) is 0.444. The summed E-state index contributed by atoms with van der Waals surface area (Å²) in [6.45, 7) is 0. The Hall–Kier alpha value is -1.25. The highest BCUT2D eigenvalue weighted by Gasteiger charge is 2.26. The number of ether oxygens (including phenoxy) is 1. The van der Waals surface area contributed by atoms with Crippen LogP contribution in [-0.4, -0.2) is 12.1 Å². The van der Waals surface area contributed by atoms with Gasteiger partial charge in [-0.25, -0.2) is 4.98 Å². The van der Waals surface area contributed by atoms with Crippen molar-refractivity contribution >= 4 is 5.82 Å². The molecule has 1 aromatic heterocycles. The molecule has 1 aromatic rings. The van der Waals surface area contributed by atoms with Gasteiger partial charge in [0.25, 0.3) is 0 Å². The Kier molecular flexibility index (Phi) is 1.64. The molecule has 1 aliphatic rings. The van der Waals surface area contributed by atoms with Crippen LogP contribution in [0.1, 0.15) is 24.3 Å². The molecular formula is C9H12N2O. The second-order valence-corrected chi connectivity index (χ2v) is 3.13. The van der Waals surface area contributed by atoms with E-state index in [-0.39, 0.29) is 0 Å². The molecule has 1 aliphatic carbocycles. The summed E-state index contributed by atoms with van der Waals surface area (Å²) in [6, 6.07) is 1.79. The highest BCUT2D eigenvalue weighted by molar-refractivity contribution is 5.44. The minimum Gasteiger partial charge on any atom is -0.496 e. The number of pyridine rings is 1. The standard InChI is InChI=1S/C9H12N2O/c1-12-8-4-9(10)11-5-7(8)6-2-3-6/h4-6H,2-3H2,1H3,(H2,10,11). The molecular weight excluding hydrogens is 152 g/mol. The van der Waals surface area contributed by atoms with Crippen LogP contribution in [0.3, 0.4) is 0 Å². The number of hydrogen-bond acceptors (Lipinski definition) is 3. The molecule has 64 valence electrons. The number of nitrogen functional groups attached to an aromatic ring is 1. The van der Waals surface area contributed by atoms with Gasteiger partial charge in [0.15, 0.2) is 0 Å². The average molecular weight is 164 g/mol. The lowest BCUT2D eigenvalue weighted by molar-refractivity contribution is 0.409. The van der Waals surface area contributed by atoms with Crippen LogP contribution in [0.25, 0.3) is 0 Å². The summed E-state index contributed by atoms with van der Waals surface area (Å²) in [5.41, 5.74) is 6.73. The minimum atomic E-state index is 0.524. The maximum Gasteiger partial charge on any atom is 0.127 e. The monoisotopic (exact) mass is 164 g/mol. The quantitative estimate of drug-likeness (QED) is 0.721. The lowest BCUT2D eigenvalue weighted by Crippen LogP contribution is -1.95. The van der Waals surface area contributed by atoms with Crippen LogP contribution >= 0.6 is 0 Å². The van der Waals surface area contributed by atoms with E-state index < -0.39 is 0 Å². The van der Waals surface area contributed by atoms with E-state index in [9.17, 15) is 0 Å². The first-order valence-electron chi connectivity index (χ1n) is 4.10. The van der Waals surface area contributed by atoms with E-state index in [1.54, 1.807) is 13.2 Å². The molecule has 2 N–H and O–H groups in total. The van der Waals surface area contributed by atoms with Gasteiger partial charge >= 0.3 is 0 Å². The van der Waals surface area contributed by atoms with Crippen molar-refractivity contribution in [3.63, 3.8) is 0 Å². The maximum absolute atomic E-state index is 5.53. The number of anilines is 1. The zero-order valence-electron chi connectivity index (χ0n) is 7.08. The second-order valence-electron chi connectivity index (χ2n) is 3.13. The molecule has 0 aromatic carbocycles. The third-order valence-electron chi connectivity index (χ3n) is 2.15. The number of nitrogens with zero attached hydrogens (tertiary/aromatic N) is 1. The van der Waals surface area contributed by atoms with E-state index in [1.807, 2.05) is 6.20 Å². The summed E-state index contributed by atoms with van der Waals surface area (Å²) < 4.78 is 5.21. The predicted octanol–water partition coefficient (Wildman–Crippen LogP) is 1.55. The van der Waals surface area contributed by atoms with Crippen LogP contribution in [0, 0.1) is 0 Å². The van der Waals surface area contributed by atoms with Gasteiger partial charge in [-0.05, 0) is 18.8 Å². The van der Waals surface area contributed by atoms with Gasteiger partial charge in [0.05, 0.1) is 7.11 Å². The Morgan fingerprint density at radius 1 is 1.58 bits per heavy atom. The third-order valence-corrected chi connectivity index (χ3v) is 2.15. The van der Waals surface area contributed by atoms with Crippen molar-refractivity contribution < 1.29 is 4.74 Å². The summed E-state index contributed by atoms with van der Waals surface area (Å²) in [7, 11) is 1.67. The van der Waals surface area contributed by atoms with Crippen molar-refractivity contribution in [3.8, 4) is 5.75 Å². The van der Waals surface area contributed by atoms with Crippen molar-refractivity contribution in [2.75, 3.05) is 12.8 Å². The Morgan fingerprint density at radius 3 is 2.92 bits per heavy atom. The summed E-state index contributed by atoms with van der Waals surface area (Å²) >= 11 is 0. The van der Waals surface area contributed by atoms with E-state index in [0.717, 1.165) is 5.75 Å². The van der Waals surface area contributed by atoms with Gasteiger partial charge < -0.3 is 10.5 Å². The number of rotatable bonds is 2. The third kappa shape index (κ3) is 1.22. The SMILES string of the molecule is COc1cc(N)ncc1C1CC1. The topological polar surface area (TPSA) is 48.1 Å². The van der Waals surface area contributed by atoms with Crippen molar-refractivity contribution in [1.82, 2.24) is 4.98 Å². The maximum atomic E-state index is 5.53. The van der Waals surface area contributed by atoms with E-state index in [1.165, 1.54) is 18.4 Å². The fourth-order valence-corrected chi connectivity index (χ4v) is 1.34. The molecule has 0 radical (unpaired) electrons. The summed E-state index contributed by atoms with van der Waals surface area (Å²) in [6.07, 6.45) is 4.33. The molecule has 1 fully saturated rings. The van der Waals surface area contributed by atoms with Crippen LogP contribution in [0.4, 0.5) is 5.82 Å². The van der Waals surface area contributed by atoms with Crippen LogP contribution in [0.5, 0.6) is 5.75 Å². The minimum absolute atomic E-state index is 0.524. The highest BCUT2D eigenvalue weighted by atomic mass is 16.5. The van der Waals surface area contributed by atoms with Crippen LogP contribution < -0.4 is 10.5 Å². The van der Waals surface area contributed by atoms with E-state index in [0.29, 0.717) is 11.7 Å². The molecule has 0 unspecified atom stereocenters. The highest BCUT2D eigenvalue weighted by Crippen LogP contribution is 2.44. The molecule has 1 heterocycles. The molecule has 3 heteroatoms. The van der Waals surface area contributed by atoms with Gasteiger partial charge in [-0.2, -0.15) is 0 Å². The van der Waals surface area contributed by atoms with Crippen molar-refractivity contribution in [2.24, 2.45) is 0 Å². The number of hydrogen-bond donors (Lipinski definition) is 1. The number of aromatic nitrogens is 1. The first kappa shape index (κ1) is 7.40. The molecule has 0 atom stereocenters. The van der Waals surface area contributed by atoms with Crippen LogP contribution in [0.15, 0.2) is 12.3 Å². The van der Waals surface area contributed by atoms with Crippen molar-refractivity contribution in [1.29, 1.82) is 0 Å². The molecule has 0 aliphatic heterocycles. The lowest BCUT2D eigenvalue weighted by Gasteiger charge is -2.06. The normalized spacial score (nSPS) is 16.1. The predicted molar refractivity (Wildman–Crippen MR) is 47.2 cm³/mol. The molecule has 0 saturated heterocycles. The molecule has 0 spiro atoms. The van der Waals surface area contributed by atoms with Gasteiger partial charge in [0, 0.05) is 17.8 Å². The largest absolute Gasteiger partial charge is 0.496 e. The Bertz CT molecular complexity index is 295. The van der Waals surface area contributed by atoms with Gasteiger partial charge in [-0.15, -0.1) is 0 Å². The first-order chi connectivity index (χ1) is 5.81. The Morgan fingerprint density at radius 2 is 2.33 bits per heavy atom. The lowest BCUT2D eigenvalue weighted by atomic mass is 10.2. The Labute approximate surface area is 71.6 Å². The van der Waals surface area contributed by atoms with Gasteiger partial charge in [0.2, 0.25) is 0 Å². The molecule has 3 nitrogen and oxygen atoms in total. The zero-order valence-corrected chi connectivity index (χ0v) is 7.08. The molecule has 2 rings (SSSR count). The number of nitrogens with two attached hydrogens (primary N) is 1. The van der Waals surface area contributed by atoms with Gasteiger partial charge in [-0.1, -0.05) is 0 Å². The van der Waals surface area contributed by atoms with Crippen molar-refractivity contribution in [3.05, 3.63) is 17.8 Å². The van der Waals surface area contributed by atoms with Gasteiger partial charge in [0.1, 0.15) is 11.6 Å². The number of methoxy groups -OCH3 is 1. The zero-order chi connectivity index (χ0) is 8.55. The van der Waals surface area contributed by atoms with E-state index in [2.05, 4.69) is 4.98 Å². The molecule has 0 bridgehead atoms. The first-order valence-corrected chi connectivity index (χ1v) is 4.10. The molecule has 0 amide bonds. The molecule has 12 heavy (non-hydrogen) atoms. The Balaban J connectivity index is 2.38. The van der Waals surface area contributed by atoms with Gasteiger partial charge in [-0.3, -0.25) is 0 Å². The fourth-order valence-electron chi connectivity index (χ4n) is 1.34. The second kappa shape index (κ2) is 2.66. The molecule has 1 saturated carbocycles. The van der Waals surface area contributed by atoms with E-state index >= 15 is 0 Å². The summed E-state index contributed by atoms with van der Waals surface area (Å²) in [5.74, 6) is 2.06. The smallest absolute Gasteiger partial charge is 0.127 e.